The highest BCUT2D eigenvalue weighted by atomic mass is 32.2. The third kappa shape index (κ3) is 6.16. The average Bonchev–Trinajstić information content (AvgIpc) is 2.45. The van der Waals surface area contributed by atoms with Crippen LogP contribution in [0.3, 0.4) is 0 Å². The first-order valence-electron chi connectivity index (χ1n) is 7.73. The van der Waals surface area contributed by atoms with E-state index in [0.29, 0.717) is 10.9 Å². The lowest BCUT2D eigenvalue weighted by atomic mass is 10.1. The van der Waals surface area contributed by atoms with Gasteiger partial charge in [0.05, 0.1) is 4.90 Å². The second-order valence-corrected chi connectivity index (χ2v) is 7.35. The molecule has 0 fully saturated rings. The molecule has 4 nitrogen and oxygen atoms in total. The molecule has 0 spiro atoms. The lowest BCUT2D eigenvalue weighted by molar-refractivity contribution is 0.530. The van der Waals surface area contributed by atoms with Crippen molar-refractivity contribution in [1.29, 1.82) is 0 Å². The third-order valence-electron chi connectivity index (χ3n) is 3.51. The summed E-state index contributed by atoms with van der Waals surface area (Å²) in [6.45, 7) is 9.09. The highest BCUT2D eigenvalue weighted by molar-refractivity contribution is 7.89. The molecule has 0 aliphatic heterocycles. The van der Waals surface area contributed by atoms with Gasteiger partial charge in [0.15, 0.2) is 0 Å². The molecule has 0 radical (unpaired) electrons. The molecule has 0 amide bonds. The molecule has 1 aromatic carbocycles. The lowest BCUT2D eigenvalue weighted by Gasteiger charge is -2.15. The number of hydrogen-bond donors (Lipinski definition) is 2. The maximum Gasteiger partial charge on any atom is 0.240 e. The van der Waals surface area contributed by atoms with E-state index in [1.807, 2.05) is 26.0 Å². The van der Waals surface area contributed by atoms with Crippen LogP contribution >= 0.6 is 0 Å². The molecule has 21 heavy (non-hydrogen) atoms. The van der Waals surface area contributed by atoms with Crippen molar-refractivity contribution in [2.24, 2.45) is 0 Å². The number of nitrogens with one attached hydrogen (secondary N) is 2. The standard InChI is InChI=1S/C16H28N2O2S/c1-5-15(6-2)18-21(19,20)16-9-7-14(8-10-16)11-12-17-13(3)4/h7-10,13,15,17-18H,5-6,11-12H2,1-4H3. The fraction of sp³-hybridized carbons (Fsp3) is 0.625. The Hall–Kier alpha value is -0.910. The van der Waals surface area contributed by atoms with E-state index >= 15 is 0 Å². The molecule has 5 heteroatoms. The zero-order valence-corrected chi connectivity index (χ0v) is 14.3. The summed E-state index contributed by atoms with van der Waals surface area (Å²) in [5, 5.41) is 3.35. The van der Waals surface area contributed by atoms with Crippen LogP contribution in [0.2, 0.25) is 0 Å². The van der Waals surface area contributed by atoms with E-state index in [-0.39, 0.29) is 6.04 Å². The Bertz CT molecular complexity index is 506. The second kappa shape index (κ2) is 8.51. The fourth-order valence-corrected chi connectivity index (χ4v) is 3.49. The molecule has 0 saturated carbocycles. The van der Waals surface area contributed by atoms with E-state index in [9.17, 15) is 8.42 Å². The van der Waals surface area contributed by atoms with Crippen molar-refractivity contribution in [3.8, 4) is 0 Å². The Morgan fingerprint density at radius 2 is 1.62 bits per heavy atom. The van der Waals surface area contributed by atoms with Gasteiger partial charge in [0.1, 0.15) is 0 Å². The highest BCUT2D eigenvalue weighted by Crippen LogP contribution is 2.12. The van der Waals surface area contributed by atoms with Crippen LogP contribution in [0.5, 0.6) is 0 Å². The molecule has 1 aromatic rings. The smallest absolute Gasteiger partial charge is 0.240 e. The van der Waals surface area contributed by atoms with Gasteiger partial charge in [0, 0.05) is 12.1 Å². The largest absolute Gasteiger partial charge is 0.314 e. The lowest BCUT2D eigenvalue weighted by Crippen LogP contribution is -2.33. The first-order chi connectivity index (χ1) is 9.89. The van der Waals surface area contributed by atoms with Crippen LogP contribution in [0, 0.1) is 0 Å². The molecule has 1 rings (SSSR count). The Morgan fingerprint density at radius 3 is 2.10 bits per heavy atom. The van der Waals surface area contributed by atoms with Crippen molar-refractivity contribution in [2.45, 2.75) is 63.9 Å². The number of benzene rings is 1. The van der Waals surface area contributed by atoms with E-state index in [1.54, 1.807) is 12.1 Å². The molecule has 0 aliphatic rings. The van der Waals surface area contributed by atoms with Gasteiger partial charge in [0.25, 0.3) is 0 Å². The van der Waals surface area contributed by atoms with Crippen LogP contribution in [-0.4, -0.2) is 27.0 Å². The van der Waals surface area contributed by atoms with Crippen molar-refractivity contribution < 1.29 is 8.42 Å². The van der Waals surface area contributed by atoms with Crippen LogP contribution in [0.25, 0.3) is 0 Å². The van der Waals surface area contributed by atoms with Crippen LogP contribution in [-0.2, 0) is 16.4 Å². The van der Waals surface area contributed by atoms with Crippen LogP contribution in [0.4, 0.5) is 0 Å². The van der Waals surface area contributed by atoms with Crippen LogP contribution in [0.1, 0.15) is 46.1 Å². The van der Waals surface area contributed by atoms with Crippen molar-refractivity contribution in [3.63, 3.8) is 0 Å². The monoisotopic (exact) mass is 312 g/mol. The topological polar surface area (TPSA) is 58.2 Å². The Balaban J connectivity index is 2.68. The molecule has 0 unspecified atom stereocenters. The van der Waals surface area contributed by atoms with Crippen LogP contribution in [0.15, 0.2) is 29.2 Å². The van der Waals surface area contributed by atoms with Gasteiger partial charge in [-0.25, -0.2) is 13.1 Å². The summed E-state index contributed by atoms with van der Waals surface area (Å²) in [4.78, 5) is 0.343. The Morgan fingerprint density at radius 1 is 1.05 bits per heavy atom. The van der Waals surface area contributed by atoms with E-state index in [4.69, 9.17) is 0 Å². The van der Waals surface area contributed by atoms with Gasteiger partial charge >= 0.3 is 0 Å². The summed E-state index contributed by atoms with van der Waals surface area (Å²) in [6.07, 6.45) is 2.50. The van der Waals surface area contributed by atoms with Gasteiger partial charge in [0.2, 0.25) is 10.0 Å². The number of sulfonamides is 1. The van der Waals surface area contributed by atoms with Crippen molar-refractivity contribution in [2.75, 3.05) is 6.54 Å². The normalized spacial score (nSPS) is 12.3. The summed E-state index contributed by atoms with van der Waals surface area (Å²) in [6, 6.07) is 7.64. The second-order valence-electron chi connectivity index (χ2n) is 5.64. The zero-order chi connectivity index (χ0) is 15.9. The molecule has 0 saturated heterocycles. The van der Waals surface area contributed by atoms with Gasteiger partial charge in [-0.15, -0.1) is 0 Å². The first-order valence-corrected chi connectivity index (χ1v) is 9.22. The molecule has 0 aromatic heterocycles. The Labute approximate surface area is 129 Å². The molecule has 0 bridgehead atoms. The predicted octanol–water partition coefficient (Wildman–Crippen LogP) is 2.69. The van der Waals surface area contributed by atoms with Crippen molar-refractivity contribution in [1.82, 2.24) is 10.0 Å². The van der Waals surface area contributed by atoms with Gasteiger partial charge in [-0.1, -0.05) is 39.8 Å². The maximum absolute atomic E-state index is 12.3. The predicted molar refractivity (Wildman–Crippen MR) is 88.0 cm³/mol. The number of hydrogen-bond acceptors (Lipinski definition) is 3. The highest BCUT2D eigenvalue weighted by Gasteiger charge is 2.17. The van der Waals surface area contributed by atoms with E-state index in [1.165, 1.54) is 0 Å². The molecule has 2 N–H and O–H groups in total. The summed E-state index contributed by atoms with van der Waals surface area (Å²) in [7, 11) is -3.40. The van der Waals surface area contributed by atoms with Gasteiger partial charge in [-0.05, 0) is 43.5 Å². The van der Waals surface area contributed by atoms with Crippen molar-refractivity contribution in [3.05, 3.63) is 29.8 Å². The van der Waals surface area contributed by atoms with Gasteiger partial charge < -0.3 is 5.32 Å². The summed E-state index contributed by atoms with van der Waals surface area (Å²) in [5.41, 5.74) is 1.14. The van der Waals surface area contributed by atoms with E-state index in [2.05, 4.69) is 23.9 Å². The molecule has 120 valence electrons. The quantitative estimate of drug-likeness (QED) is 0.737. The van der Waals surface area contributed by atoms with E-state index < -0.39 is 10.0 Å². The first kappa shape index (κ1) is 18.1. The molecule has 0 aliphatic carbocycles. The molecule has 0 atom stereocenters. The summed E-state index contributed by atoms with van der Waals surface area (Å²) >= 11 is 0. The zero-order valence-electron chi connectivity index (χ0n) is 13.5. The van der Waals surface area contributed by atoms with Gasteiger partial charge in [-0.3, -0.25) is 0 Å². The maximum atomic E-state index is 12.3. The van der Waals surface area contributed by atoms with Crippen LogP contribution < -0.4 is 10.0 Å². The molecular weight excluding hydrogens is 284 g/mol. The van der Waals surface area contributed by atoms with E-state index in [0.717, 1.165) is 31.4 Å². The number of rotatable bonds is 9. The summed E-state index contributed by atoms with van der Waals surface area (Å²) in [5.74, 6) is 0. The van der Waals surface area contributed by atoms with Crippen molar-refractivity contribution >= 4 is 10.0 Å². The Kier molecular flexibility index (Phi) is 7.35. The third-order valence-corrected chi connectivity index (χ3v) is 5.04. The minimum Gasteiger partial charge on any atom is -0.314 e. The molecule has 0 heterocycles. The average molecular weight is 312 g/mol. The molecular formula is C16H28N2O2S. The minimum absolute atomic E-state index is 0.00455. The minimum atomic E-state index is -3.40. The fourth-order valence-electron chi connectivity index (χ4n) is 2.08. The SMILES string of the molecule is CCC(CC)NS(=O)(=O)c1ccc(CCNC(C)C)cc1. The van der Waals surface area contributed by atoms with Gasteiger partial charge in [-0.2, -0.15) is 0 Å². The summed E-state index contributed by atoms with van der Waals surface area (Å²) < 4.78 is 27.2.